The Hall–Kier alpha value is -1.56. The summed E-state index contributed by atoms with van der Waals surface area (Å²) in [6.45, 7) is 4.13. The molecule has 1 heterocycles. The zero-order chi connectivity index (χ0) is 13.9. The molecule has 0 saturated carbocycles. The number of hydrogen-bond donors (Lipinski definition) is 2. The largest absolute Gasteiger partial charge is 0.349 e. The van der Waals surface area contributed by atoms with Crippen molar-refractivity contribution in [3.63, 3.8) is 0 Å². The van der Waals surface area contributed by atoms with E-state index in [2.05, 4.69) is 10.3 Å². The Bertz CT molecular complexity index is 564. The van der Waals surface area contributed by atoms with Crippen LogP contribution in [0.5, 0.6) is 0 Å². The normalized spacial score (nSPS) is 10.2. The zero-order valence-corrected chi connectivity index (χ0v) is 13.6. The standard InChI is InChI=1S/C14H18N4O.2ClH/c1-14(2,15)9-17-13(19)12-8-16-10-18(12)11-6-4-3-5-7-11;;/h3-8,10H,9,15H2,1-2H3,(H,17,19);2*1H. The van der Waals surface area contributed by atoms with Crippen LogP contribution in [0.2, 0.25) is 0 Å². The lowest BCUT2D eigenvalue weighted by Crippen LogP contribution is -2.45. The Morgan fingerprint density at radius 1 is 1.29 bits per heavy atom. The van der Waals surface area contributed by atoms with Crippen LogP contribution in [0.25, 0.3) is 5.69 Å². The second-order valence-electron chi connectivity index (χ2n) is 5.16. The number of aromatic nitrogens is 2. The fourth-order valence-corrected chi connectivity index (χ4v) is 1.66. The topological polar surface area (TPSA) is 72.9 Å². The number of halogens is 2. The van der Waals surface area contributed by atoms with Gasteiger partial charge < -0.3 is 11.1 Å². The van der Waals surface area contributed by atoms with E-state index in [4.69, 9.17) is 5.73 Å². The average molecular weight is 331 g/mol. The highest BCUT2D eigenvalue weighted by Gasteiger charge is 2.16. The van der Waals surface area contributed by atoms with E-state index in [9.17, 15) is 4.79 Å². The summed E-state index contributed by atoms with van der Waals surface area (Å²) in [7, 11) is 0. The fourth-order valence-electron chi connectivity index (χ4n) is 1.66. The molecule has 5 nitrogen and oxygen atoms in total. The van der Waals surface area contributed by atoms with Crippen LogP contribution >= 0.6 is 24.8 Å². The molecule has 21 heavy (non-hydrogen) atoms. The smallest absolute Gasteiger partial charge is 0.269 e. The van der Waals surface area contributed by atoms with Gasteiger partial charge >= 0.3 is 0 Å². The van der Waals surface area contributed by atoms with Crippen molar-refractivity contribution in [1.29, 1.82) is 0 Å². The van der Waals surface area contributed by atoms with Crippen molar-refractivity contribution in [2.75, 3.05) is 6.54 Å². The second kappa shape index (κ2) is 8.02. The van der Waals surface area contributed by atoms with Crippen molar-refractivity contribution >= 4 is 30.7 Å². The minimum absolute atomic E-state index is 0. The van der Waals surface area contributed by atoms with Gasteiger partial charge in [0, 0.05) is 17.8 Å². The summed E-state index contributed by atoms with van der Waals surface area (Å²) in [6.07, 6.45) is 3.17. The van der Waals surface area contributed by atoms with Crippen LogP contribution in [-0.4, -0.2) is 27.5 Å². The van der Waals surface area contributed by atoms with E-state index in [0.29, 0.717) is 12.2 Å². The lowest BCUT2D eigenvalue weighted by atomic mass is 10.1. The number of carbonyl (C=O) groups is 1. The van der Waals surface area contributed by atoms with Crippen LogP contribution in [-0.2, 0) is 0 Å². The van der Waals surface area contributed by atoms with Gasteiger partial charge in [0.15, 0.2) is 0 Å². The van der Waals surface area contributed by atoms with Gasteiger partial charge in [0.05, 0.1) is 12.5 Å². The van der Waals surface area contributed by atoms with Crippen molar-refractivity contribution in [3.8, 4) is 5.69 Å². The summed E-state index contributed by atoms with van der Waals surface area (Å²) in [6, 6.07) is 9.60. The first-order valence-electron chi connectivity index (χ1n) is 6.12. The monoisotopic (exact) mass is 330 g/mol. The number of imidazole rings is 1. The summed E-state index contributed by atoms with van der Waals surface area (Å²) in [4.78, 5) is 16.2. The highest BCUT2D eigenvalue weighted by atomic mass is 35.5. The first-order chi connectivity index (χ1) is 8.97. The summed E-state index contributed by atoms with van der Waals surface area (Å²) >= 11 is 0. The van der Waals surface area contributed by atoms with Gasteiger partial charge in [-0.25, -0.2) is 4.98 Å². The lowest BCUT2D eigenvalue weighted by molar-refractivity contribution is 0.0939. The van der Waals surface area contributed by atoms with Crippen LogP contribution in [0, 0.1) is 0 Å². The third-order valence-corrected chi connectivity index (χ3v) is 2.61. The molecule has 0 unspecified atom stereocenters. The van der Waals surface area contributed by atoms with E-state index in [1.165, 1.54) is 0 Å². The van der Waals surface area contributed by atoms with Crippen molar-refractivity contribution in [1.82, 2.24) is 14.9 Å². The number of carbonyl (C=O) groups excluding carboxylic acids is 1. The van der Waals surface area contributed by atoms with Crippen molar-refractivity contribution in [2.24, 2.45) is 5.73 Å². The van der Waals surface area contributed by atoms with Gasteiger partial charge in [-0.1, -0.05) is 18.2 Å². The Morgan fingerprint density at radius 3 is 2.48 bits per heavy atom. The maximum atomic E-state index is 12.1. The maximum absolute atomic E-state index is 12.1. The molecule has 0 atom stereocenters. The van der Waals surface area contributed by atoms with Crippen molar-refractivity contribution in [3.05, 3.63) is 48.5 Å². The van der Waals surface area contributed by atoms with Gasteiger partial charge in [-0.3, -0.25) is 9.36 Å². The quantitative estimate of drug-likeness (QED) is 0.902. The SMILES string of the molecule is CC(C)(N)CNC(=O)c1cncn1-c1ccccc1.Cl.Cl. The minimum Gasteiger partial charge on any atom is -0.349 e. The van der Waals surface area contributed by atoms with Gasteiger partial charge in [0.25, 0.3) is 5.91 Å². The fraction of sp³-hybridized carbons (Fsp3) is 0.286. The summed E-state index contributed by atoms with van der Waals surface area (Å²) in [5.41, 5.74) is 6.81. The van der Waals surface area contributed by atoms with Crippen LogP contribution < -0.4 is 11.1 Å². The van der Waals surface area contributed by atoms with Gasteiger partial charge in [-0.15, -0.1) is 24.8 Å². The molecule has 1 amide bonds. The number of rotatable bonds is 4. The maximum Gasteiger partial charge on any atom is 0.269 e. The molecule has 0 bridgehead atoms. The van der Waals surface area contributed by atoms with Gasteiger partial charge in [-0.05, 0) is 26.0 Å². The third kappa shape index (κ3) is 5.38. The molecule has 1 aromatic carbocycles. The Balaban J connectivity index is 0.00000200. The van der Waals surface area contributed by atoms with E-state index in [-0.39, 0.29) is 30.7 Å². The Kier molecular flexibility index (Phi) is 7.43. The van der Waals surface area contributed by atoms with Crippen molar-refractivity contribution < 1.29 is 4.79 Å². The lowest BCUT2D eigenvalue weighted by Gasteiger charge is -2.19. The Labute approximate surface area is 136 Å². The molecule has 1 aromatic heterocycles. The van der Waals surface area contributed by atoms with E-state index in [1.54, 1.807) is 17.1 Å². The highest BCUT2D eigenvalue weighted by Crippen LogP contribution is 2.10. The molecule has 0 aliphatic heterocycles. The summed E-state index contributed by atoms with van der Waals surface area (Å²) in [5, 5.41) is 2.81. The van der Waals surface area contributed by atoms with E-state index >= 15 is 0 Å². The van der Waals surface area contributed by atoms with Gasteiger partial charge in [-0.2, -0.15) is 0 Å². The molecule has 0 radical (unpaired) electrons. The third-order valence-electron chi connectivity index (χ3n) is 2.61. The van der Waals surface area contributed by atoms with Gasteiger partial charge in [0.2, 0.25) is 0 Å². The van der Waals surface area contributed by atoms with Crippen LogP contribution in [0.3, 0.4) is 0 Å². The molecule has 116 valence electrons. The highest BCUT2D eigenvalue weighted by molar-refractivity contribution is 5.93. The van der Waals surface area contributed by atoms with Gasteiger partial charge in [0.1, 0.15) is 5.69 Å². The Morgan fingerprint density at radius 2 is 1.90 bits per heavy atom. The number of nitrogens with zero attached hydrogens (tertiary/aromatic N) is 2. The van der Waals surface area contributed by atoms with E-state index in [0.717, 1.165) is 5.69 Å². The number of nitrogens with one attached hydrogen (secondary N) is 1. The average Bonchev–Trinajstić information content (AvgIpc) is 2.85. The van der Waals surface area contributed by atoms with Crippen molar-refractivity contribution in [2.45, 2.75) is 19.4 Å². The number of para-hydroxylation sites is 1. The van der Waals surface area contributed by atoms with E-state index < -0.39 is 5.54 Å². The molecule has 0 aliphatic rings. The molecule has 0 aliphatic carbocycles. The zero-order valence-electron chi connectivity index (χ0n) is 11.9. The predicted molar refractivity (Wildman–Crippen MR) is 88.7 cm³/mol. The number of amides is 1. The number of nitrogens with two attached hydrogens (primary N) is 1. The molecule has 0 spiro atoms. The van der Waals surface area contributed by atoms with Crippen LogP contribution in [0.1, 0.15) is 24.3 Å². The number of hydrogen-bond acceptors (Lipinski definition) is 3. The molecule has 2 aromatic rings. The molecule has 0 fully saturated rings. The molecular formula is C14H20Cl2N4O. The van der Waals surface area contributed by atoms with Crippen LogP contribution in [0.4, 0.5) is 0 Å². The molecule has 7 heteroatoms. The predicted octanol–water partition coefficient (Wildman–Crippen LogP) is 2.18. The second-order valence-corrected chi connectivity index (χ2v) is 5.16. The number of benzene rings is 1. The van der Waals surface area contributed by atoms with Crippen LogP contribution in [0.15, 0.2) is 42.9 Å². The molecular weight excluding hydrogens is 311 g/mol. The molecule has 0 saturated heterocycles. The first-order valence-corrected chi connectivity index (χ1v) is 6.12. The molecule has 3 N–H and O–H groups in total. The summed E-state index contributed by atoms with van der Waals surface area (Å²) in [5.74, 6) is -0.181. The minimum atomic E-state index is -0.437. The first kappa shape index (κ1) is 19.4. The van der Waals surface area contributed by atoms with E-state index in [1.807, 2.05) is 44.2 Å². The molecule has 2 rings (SSSR count). The summed E-state index contributed by atoms with van der Waals surface area (Å²) < 4.78 is 1.75.